The van der Waals surface area contributed by atoms with Crippen molar-refractivity contribution in [1.82, 2.24) is 24.0 Å². The number of Topliss-reactive ketones (excluding diaryl/α,β-unsaturated/α-hetero) is 1. The van der Waals surface area contributed by atoms with E-state index in [4.69, 9.17) is 0 Å². The predicted octanol–water partition coefficient (Wildman–Crippen LogP) is 3.41. The first-order chi connectivity index (χ1) is 15.5. The van der Waals surface area contributed by atoms with Gasteiger partial charge in [0.15, 0.2) is 5.78 Å². The molecule has 0 aliphatic heterocycles. The quantitative estimate of drug-likeness (QED) is 0.373. The molecule has 0 atom stereocenters. The van der Waals surface area contributed by atoms with Crippen LogP contribution in [-0.4, -0.2) is 38.2 Å². The van der Waals surface area contributed by atoms with Crippen LogP contribution in [0.25, 0.3) is 22.3 Å². The van der Waals surface area contributed by atoms with E-state index in [1.54, 1.807) is 67.0 Å². The summed E-state index contributed by atoms with van der Waals surface area (Å²) in [5.74, 6) is -0.277. The fourth-order valence-electron chi connectivity index (χ4n) is 3.52. The molecular weight excluding hydrogens is 426 g/mol. The molecule has 0 spiro atoms. The molecule has 5 rings (SSSR count). The monoisotopic (exact) mass is 443 g/mol. The van der Waals surface area contributed by atoms with Crippen molar-refractivity contribution in [2.75, 3.05) is 0 Å². The Hall–Kier alpha value is -4.11. The average molecular weight is 443 g/mol. The molecule has 0 unspecified atom stereocenters. The van der Waals surface area contributed by atoms with Crippen molar-refractivity contribution in [3.8, 4) is 11.4 Å². The van der Waals surface area contributed by atoms with Crippen molar-refractivity contribution in [2.24, 2.45) is 0 Å². The third-order valence-electron chi connectivity index (χ3n) is 5.05. The molecule has 0 aliphatic rings. The van der Waals surface area contributed by atoms with E-state index < -0.39 is 10.0 Å². The summed E-state index contributed by atoms with van der Waals surface area (Å²) < 4.78 is 29.0. The Morgan fingerprint density at radius 2 is 1.59 bits per heavy atom. The number of hydrogen-bond donors (Lipinski definition) is 0. The minimum Gasteiger partial charge on any atom is -0.292 e. The van der Waals surface area contributed by atoms with Gasteiger partial charge in [-0.15, -0.1) is 5.10 Å². The maximum absolute atomic E-state index is 13.2. The standard InChI is InChI=1S/C23H17N5O3S/c29-23(16-27-15-21(25-26-27)20-11-6-7-13-24-20)19-14-28(22-12-5-4-10-18(19)22)32(30,31)17-8-2-1-3-9-17/h1-15H,16H2. The van der Waals surface area contributed by atoms with E-state index in [-0.39, 0.29) is 17.2 Å². The first kappa shape index (κ1) is 19.8. The van der Waals surface area contributed by atoms with Crippen LogP contribution < -0.4 is 0 Å². The van der Waals surface area contributed by atoms with E-state index in [0.29, 0.717) is 27.9 Å². The van der Waals surface area contributed by atoms with Crippen molar-refractivity contribution in [3.05, 3.63) is 97.0 Å². The Balaban J connectivity index is 1.52. The van der Waals surface area contributed by atoms with Crippen LogP contribution in [0.1, 0.15) is 10.4 Å². The number of ketones is 1. The Bertz CT molecular complexity index is 1520. The summed E-state index contributed by atoms with van der Waals surface area (Å²) in [5.41, 5.74) is 1.94. The molecular formula is C23H17N5O3S. The highest BCUT2D eigenvalue weighted by Crippen LogP contribution is 2.26. The lowest BCUT2D eigenvalue weighted by molar-refractivity contribution is 0.0968. The average Bonchev–Trinajstić information content (AvgIpc) is 3.45. The van der Waals surface area contributed by atoms with E-state index in [0.717, 1.165) is 3.97 Å². The number of carbonyl (C=O) groups is 1. The summed E-state index contributed by atoms with van der Waals surface area (Å²) >= 11 is 0. The highest BCUT2D eigenvalue weighted by Gasteiger charge is 2.23. The lowest BCUT2D eigenvalue weighted by atomic mass is 10.1. The van der Waals surface area contributed by atoms with E-state index in [2.05, 4.69) is 15.3 Å². The van der Waals surface area contributed by atoms with Gasteiger partial charge >= 0.3 is 0 Å². The minimum absolute atomic E-state index is 0.0841. The van der Waals surface area contributed by atoms with Gasteiger partial charge in [0, 0.05) is 23.3 Å². The Morgan fingerprint density at radius 1 is 0.844 bits per heavy atom. The van der Waals surface area contributed by atoms with E-state index in [1.165, 1.54) is 23.0 Å². The molecule has 0 N–H and O–H groups in total. The lowest BCUT2D eigenvalue weighted by Gasteiger charge is -2.07. The number of rotatable bonds is 6. The summed E-state index contributed by atoms with van der Waals surface area (Å²) in [4.78, 5) is 17.5. The van der Waals surface area contributed by atoms with Crippen LogP contribution >= 0.6 is 0 Å². The van der Waals surface area contributed by atoms with E-state index in [9.17, 15) is 13.2 Å². The lowest BCUT2D eigenvalue weighted by Crippen LogP contribution is -2.13. The topological polar surface area (TPSA) is 99.7 Å². The number of hydrogen-bond acceptors (Lipinski definition) is 6. The molecule has 2 aromatic carbocycles. The highest BCUT2D eigenvalue weighted by atomic mass is 32.2. The summed E-state index contributed by atoms with van der Waals surface area (Å²) in [6, 6.07) is 20.5. The molecule has 0 bridgehead atoms. The molecule has 9 heteroatoms. The number of aromatic nitrogens is 5. The van der Waals surface area contributed by atoms with Crippen LogP contribution in [-0.2, 0) is 16.6 Å². The molecule has 0 radical (unpaired) electrons. The normalized spacial score (nSPS) is 11.6. The van der Waals surface area contributed by atoms with Gasteiger partial charge in [-0.2, -0.15) is 0 Å². The number of carbonyl (C=O) groups excluding carboxylic acids is 1. The number of fused-ring (bicyclic) bond motifs is 1. The van der Waals surface area contributed by atoms with Crippen LogP contribution in [0.15, 0.2) is 96.3 Å². The van der Waals surface area contributed by atoms with Crippen molar-refractivity contribution in [2.45, 2.75) is 11.4 Å². The summed E-state index contributed by atoms with van der Waals surface area (Å²) in [5, 5.41) is 8.66. The van der Waals surface area contributed by atoms with Gasteiger partial charge in [0.05, 0.1) is 22.3 Å². The Labute approximate surface area is 183 Å². The molecule has 0 amide bonds. The molecule has 0 saturated carbocycles. The number of benzene rings is 2. The van der Waals surface area contributed by atoms with Gasteiger partial charge in [-0.25, -0.2) is 17.1 Å². The minimum atomic E-state index is -3.86. The van der Waals surface area contributed by atoms with Gasteiger partial charge in [0.2, 0.25) is 0 Å². The zero-order valence-electron chi connectivity index (χ0n) is 16.7. The fourth-order valence-corrected chi connectivity index (χ4v) is 4.91. The number of pyridine rings is 1. The zero-order valence-corrected chi connectivity index (χ0v) is 17.6. The summed E-state index contributed by atoms with van der Waals surface area (Å²) in [7, 11) is -3.86. The first-order valence-corrected chi connectivity index (χ1v) is 11.2. The molecule has 0 saturated heterocycles. The van der Waals surface area contributed by atoms with Gasteiger partial charge in [-0.3, -0.25) is 9.78 Å². The van der Waals surface area contributed by atoms with Gasteiger partial charge in [0.25, 0.3) is 10.0 Å². The SMILES string of the molecule is O=C(Cn1cc(-c2ccccn2)nn1)c1cn(S(=O)(=O)c2ccccc2)c2ccccc12. The van der Waals surface area contributed by atoms with Gasteiger partial charge in [-0.05, 0) is 30.3 Å². The van der Waals surface area contributed by atoms with Gasteiger partial charge in [-0.1, -0.05) is 47.7 Å². The van der Waals surface area contributed by atoms with Gasteiger partial charge < -0.3 is 0 Å². The third kappa shape index (κ3) is 3.48. The smallest absolute Gasteiger partial charge is 0.268 e. The largest absolute Gasteiger partial charge is 0.292 e. The van der Waals surface area contributed by atoms with Crippen LogP contribution in [0.3, 0.4) is 0 Å². The van der Waals surface area contributed by atoms with Crippen molar-refractivity contribution in [1.29, 1.82) is 0 Å². The van der Waals surface area contributed by atoms with E-state index in [1.807, 2.05) is 6.07 Å². The molecule has 8 nitrogen and oxygen atoms in total. The Kier molecular flexibility index (Phi) is 4.87. The second-order valence-electron chi connectivity index (χ2n) is 7.11. The second-order valence-corrected chi connectivity index (χ2v) is 8.93. The summed E-state index contributed by atoms with van der Waals surface area (Å²) in [6.07, 6.45) is 4.67. The maximum Gasteiger partial charge on any atom is 0.268 e. The molecule has 5 aromatic rings. The highest BCUT2D eigenvalue weighted by molar-refractivity contribution is 7.90. The van der Waals surface area contributed by atoms with E-state index >= 15 is 0 Å². The van der Waals surface area contributed by atoms with Crippen LogP contribution in [0, 0.1) is 0 Å². The molecule has 158 valence electrons. The molecule has 0 fully saturated rings. The first-order valence-electron chi connectivity index (χ1n) is 9.79. The van der Waals surface area contributed by atoms with Crippen LogP contribution in [0.2, 0.25) is 0 Å². The number of nitrogens with zero attached hydrogens (tertiary/aromatic N) is 5. The third-order valence-corrected chi connectivity index (χ3v) is 6.74. The van der Waals surface area contributed by atoms with Crippen molar-refractivity contribution in [3.63, 3.8) is 0 Å². The molecule has 3 heterocycles. The molecule has 0 aliphatic carbocycles. The van der Waals surface area contributed by atoms with Gasteiger partial charge in [0.1, 0.15) is 12.2 Å². The fraction of sp³-hybridized carbons (Fsp3) is 0.0435. The summed E-state index contributed by atoms with van der Waals surface area (Å²) in [6.45, 7) is -0.0841. The van der Waals surface area contributed by atoms with Crippen molar-refractivity contribution >= 4 is 26.7 Å². The van der Waals surface area contributed by atoms with Crippen molar-refractivity contribution < 1.29 is 13.2 Å². The molecule has 3 aromatic heterocycles. The van der Waals surface area contributed by atoms with Crippen LogP contribution in [0.5, 0.6) is 0 Å². The predicted molar refractivity (Wildman–Crippen MR) is 119 cm³/mol. The zero-order chi connectivity index (χ0) is 22.1. The van der Waals surface area contributed by atoms with Crippen LogP contribution in [0.4, 0.5) is 0 Å². The second kappa shape index (κ2) is 7.86. The number of para-hydroxylation sites is 1. The molecule has 32 heavy (non-hydrogen) atoms. The Morgan fingerprint density at radius 3 is 2.38 bits per heavy atom. The maximum atomic E-state index is 13.2.